The van der Waals surface area contributed by atoms with Gasteiger partial charge in [-0.3, -0.25) is 4.79 Å². The van der Waals surface area contributed by atoms with Gasteiger partial charge >= 0.3 is 6.18 Å². The van der Waals surface area contributed by atoms with Crippen LogP contribution < -0.4 is 10.0 Å². The zero-order chi connectivity index (χ0) is 22.6. The Labute approximate surface area is 175 Å². The van der Waals surface area contributed by atoms with Gasteiger partial charge in [-0.25, -0.2) is 17.5 Å². The summed E-state index contributed by atoms with van der Waals surface area (Å²) in [6.07, 6.45) is -2.99. The van der Waals surface area contributed by atoms with E-state index in [0.29, 0.717) is 12.6 Å². The molecule has 6 nitrogen and oxygen atoms in total. The summed E-state index contributed by atoms with van der Waals surface area (Å²) < 4.78 is 79.9. The van der Waals surface area contributed by atoms with Gasteiger partial charge in [-0.1, -0.05) is 18.2 Å². The summed E-state index contributed by atoms with van der Waals surface area (Å²) in [4.78, 5) is 11.3. The monoisotopic (exact) mass is 457 g/mol. The number of sulfonamides is 1. The highest BCUT2D eigenvalue weighted by atomic mass is 32.2. The van der Waals surface area contributed by atoms with Crippen LogP contribution >= 0.6 is 0 Å². The molecule has 1 heterocycles. The van der Waals surface area contributed by atoms with E-state index in [1.165, 1.54) is 0 Å². The number of alkyl halides is 3. The van der Waals surface area contributed by atoms with E-state index in [-0.39, 0.29) is 31.5 Å². The molecule has 2 aromatic carbocycles. The van der Waals surface area contributed by atoms with Crippen LogP contribution in [0.25, 0.3) is 10.9 Å². The van der Waals surface area contributed by atoms with Gasteiger partial charge in [0.15, 0.2) is 0 Å². The van der Waals surface area contributed by atoms with Gasteiger partial charge in [0.1, 0.15) is 5.82 Å². The zero-order valence-electron chi connectivity index (χ0n) is 16.1. The maximum absolute atomic E-state index is 13.3. The lowest BCUT2D eigenvalue weighted by Crippen LogP contribution is -2.35. The topological polar surface area (TPSA) is 80.2 Å². The summed E-state index contributed by atoms with van der Waals surface area (Å²) in [6, 6.07) is 11.1. The molecule has 0 radical (unpaired) electrons. The van der Waals surface area contributed by atoms with Crippen molar-refractivity contribution in [1.82, 2.24) is 14.6 Å². The maximum atomic E-state index is 13.3. The van der Waals surface area contributed by atoms with Crippen molar-refractivity contribution in [2.75, 3.05) is 13.1 Å². The van der Waals surface area contributed by atoms with Gasteiger partial charge in [0.05, 0.1) is 10.5 Å². The van der Waals surface area contributed by atoms with Crippen molar-refractivity contribution in [1.29, 1.82) is 0 Å². The Morgan fingerprint density at radius 2 is 1.77 bits per heavy atom. The molecule has 1 amide bonds. The molecule has 166 valence electrons. The molecule has 0 atom stereocenters. The van der Waals surface area contributed by atoms with Gasteiger partial charge in [0.2, 0.25) is 15.9 Å². The molecule has 0 saturated carbocycles. The number of fused-ring (bicyclic) bond motifs is 1. The molecule has 0 spiro atoms. The van der Waals surface area contributed by atoms with E-state index in [1.807, 2.05) is 41.1 Å². The lowest BCUT2D eigenvalue weighted by molar-refractivity contribution is -0.140. The third-order valence-electron chi connectivity index (χ3n) is 4.55. The van der Waals surface area contributed by atoms with E-state index >= 15 is 0 Å². The molecule has 0 aliphatic carbocycles. The van der Waals surface area contributed by atoms with Crippen LogP contribution in [0.1, 0.15) is 12.0 Å². The number of carbonyl (C=O) groups excluding carboxylic acids is 1. The summed E-state index contributed by atoms with van der Waals surface area (Å²) in [7, 11) is -4.30. The number of nitrogens with one attached hydrogen (secondary N) is 2. The average Bonchev–Trinajstić information content (AvgIpc) is 3.12. The highest BCUT2D eigenvalue weighted by Crippen LogP contribution is 2.32. The molecule has 2 N–H and O–H groups in total. The first-order valence-corrected chi connectivity index (χ1v) is 10.7. The number of benzene rings is 2. The van der Waals surface area contributed by atoms with Crippen molar-refractivity contribution < 1.29 is 30.8 Å². The van der Waals surface area contributed by atoms with Crippen LogP contribution in [0.15, 0.2) is 59.6 Å². The highest BCUT2D eigenvalue weighted by molar-refractivity contribution is 7.89. The Morgan fingerprint density at radius 1 is 1.03 bits per heavy atom. The fourth-order valence-corrected chi connectivity index (χ4v) is 4.06. The van der Waals surface area contributed by atoms with Crippen molar-refractivity contribution in [3.8, 4) is 0 Å². The lowest BCUT2D eigenvalue weighted by atomic mass is 10.2. The van der Waals surface area contributed by atoms with Crippen LogP contribution in [0.2, 0.25) is 0 Å². The van der Waals surface area contributed by atoms with E-state index < -0.39 is 32.5 Å². The predicted molar refractivity (Wildman–Crippen MR) is 106 cm³/mol. The summed E-state index contributed by atoms with van der Waals surface area (Å²) in [5.74, 6) is -1.87. The molecule has 31 heavy (non-hydrogen) atoms. The molecule has 0 aliphatic rings. The molecular formula is C20H19F4N3O3S. The van der Waals surface area contributed by atoms with Gasteiger partial charge in [-0.05, 0) is 35.7 Å². The van der Waals surface area contributed by atoms with Gasteiger partial charge < -0.3 is 9.88 Å². The number of aryl methyl sites for hydroxylation is 1. The first-order chi connectivity index (χ1) is 14.6. The molecule has 3 aromatic rings. The van der Waals surface area contributed by atoms with Crippen LogP contribution in [0.3, 0.4) is 0 Å². The number of para-hydroxylation sites is 1. The molecule has 0 bridgehead atoms. The van der Waals surface area contributed by atoms with E-state index in [0.717, 1.165) is 17.0 Å². The summed E-state index contributed by atoms with van der Waals surface area (Å²) in [6.45, 7) is 0.137. The number of amides is 1. The van der Waals surface area contributed by atoms with Crippen molar-refractivity contribution in [3.05, 3.63) is 66.1 Å². The smallest absolute Gasteiger partial charge is 0.355 e. The molecule has 1 aromatic heterocycles. The minimum atomic E-state index is -5.02. The van der Waals surface area contributed by atoms with Gasteiger partial charge in [-0.2, -0.15) is 13.2 Å². The van der Waals surface area contributed by atoms with E-state index in [1.54, 1.807) is 0 Å². The molecule has 0 aliphatic heterocycles. The van der Waals surface area contributed by atoms with E-state index in [4.69, 9.17) is 0 Å². The Bertz CT molecular complexity index is 1190. The largest absolute Gasteiger partial charge is 0.419 e. The quantitative estimate of drug-likeness (QED) is 0.403. The first-order valence-electron chi connectivity index (χ1n) is 9.25. The Balaban J connectivity index is 1.49. The normalized spacial score (nSPS) is 12.3. The lowest BCUT2D eigenvalue weighted by Gasteiger charge is -2.12. The van der Waals surface area contributed by atoms with E-state index in [9.17, 15) is 30.8 Å². The van der Waals surface area contributed by atoms with Crippen molar-refractivity contribution in [3.63, 3.8) is 0 Å². The maximum Gasteiger partial charge on any atom is 0.419 e. The van der Waals surface area contributed by atoms with Crippen LogP contribution in [0, 0.1) is 5.82 Å². The van der Waals surface area contributed by atoms with Crippen LogP contribution in [-0.4, -0.2) is 32.0 Å². The zero-order valence-corrected chi connectivity index (χ0v) is 16.9. The standard InChI is InChI=1S/C20H19F4N3O3S/c21-17-6-5-15(13-16(17)20(22,23)24)31(29,30)26-10-9-25-19(28)8-12-27-11-7-14-3-1-2-4-18(14)27/h1-7,11,13,26H,8-10,12H2,(H,25,28). The summed E-state index contributed by atoms with van der Waals surface area (Å²) in [5, 5.41) is 3.59. The fourth-order valence-electron chi connectivity index (χ4n) is 3.01. The molecule has 3 rings (SSSR count). The number of aromatic nitrogens is 1. The number of nitrogens with zero attached hydrogens (tertiary/aromatic N) is 1. The Morgan fingerprint density at radius 3 is 2.52 bits per heavy atom. The minimum Gasteiger partial charge on any atom is -0.355 e. The molecule has 0 saturated heterocycles. The minimum absolute atomic E-state index is 0.0577. The van der Waals surface area contributed by atoms with E-state index in [2.05, 4.69) is 10.0 Å². The van der Waals surface area contributed by atoms with Crippen molar-refractivity contribution >= 4 is 26.8 Å². The Kier molecular flexibility index (Phi) is 6.65. The van der Waals surface area contributed by atoms with Crippen molar-refractivity contribution in [2.45, 2.75) is 24.0 Å². The van der Waals surface area contributed by atoms with Crippen LogP contribution in [0.4, 0.5) is 17.6 Å². The molecule has 0 fully saturated rings. The van der Waals surface area contributed by atoms with Gasteiger partial charge in [-0.15, -0.1) is 0 Å². The third-order valence-corrected chi connectivity index (χ3v) is 6.01. The average molecular weight is 457 g/mol. The second-order valence-electron chi connectivity index (χ2n) is 6.71. The van der Waals surface area contributed by atoms with Gasteiger partial charge in [0.25, 0.3) is 0 Å². The van der Waals surface area contributed by atoms with Crippen molar-refractivity contribution in [2.24, 2.45) is 0 Å². The number of hydrogen-bond donors (Lipinski definition) is 2. The van der Waals surface area contributed by atoms with Crippen LogP contribution in [0.5, 0.6) is 0 Å². The van der Waals surface area contributed by atoms with Gasteiger partial charge in [0, 0.05) is 37.8 Å². The predicted octanol–water partition coefficient (Wildman–Crippen LogP) is 3.28. The summed E-state index contributed by atoms with van der Waals surface area (Å²) in [5.41, 5.74) is -0.679. The third kappa shape index (κ3) is 5.61. The molecule has 11 heteroatoms. The number of hydrogen-bond acceptors (Lipinski definition) is 3. The number of halogens is 4. The second kappa shape index (κ2) is 9.06. The summed E-state index contributed by atoms with van der Waals surface area (Å²) >= 11 is 0. The fraction of sp³-hybridized carbons (Fsp3) is 0.250. The second-order valence-corrected chi connectivity index (χ2v) is 8.47. The van der Waals surface area contributed by atoms with Crippen LogP contribution in [-0.2, 0) is 27.5 Å². The number of rotatable bonds is 8. The SMILES string of the molecule is O=C(CCn1ccc2ccccc21)NCCNS(=O)(=O)c1ccc(F)c(C(F)(F)F)c1. The Hall–Kier alpha value is -2.92. The highest BCUT2D eigenvalue weighted by Gasteiger charge is 2.35. The first kappa shape index (κ1) is 22.8. The number of carbonyl (C=O) groups is 1. The molecular weight excluding hydrogens is 438 g/mol. The molecule has 0 unspecified atom stereocenters.